The first-order valence-electron chi connectivity index (χ1n) is 6.88. The molecule has 3 nitrogen and oxygen atoms in total. The van der Waals surface area contributed by atoms with Crippen molar-refractivity contribution in [3.05, 3.63) is 34.9 Å². The Morgan fingerprint density at radius 2 is 1.95 bits per heavy atom. The SMILES string of the molecule is CCNC(CCN(C)C(C)CO)c1ccc(Cl)cc1. The molecule has 1 aromatic carbocycles. The highest BCUT2D eigenvalue weighted by Gasteiger charge is 2.13. The number of hydrogen-bond donors (Lipinski definition) is 2. The van der Waals surface area contributed by atoms with Crippen LogP contribution in [0.2, 0.25) is 5.02 Å². The van der Waals surface area contributed by atoms with Gasteiger partial charge in [-0.15, -0.1) is 0 Å². The molecule has 0 aliphatic carbocycles. The monoisotopic (exact) mass is 284 g/mol. The molecule has 1 rings (SSSR count). The Morgan fingerprint density at radius 1 is 1.32 bits per heavy atom. The number of benzene rings is 1. The van der Waals surface area contributed by atoms with Crippen LogP contribution >= 0.6 is 11.6 Å². The van der Waals surface area contributed by atoms with Crippen LogP contribution in [0.1, 0.15) is 31.9 Å². The molecule has 19 heavy (non-hydrogen) atoms. The third kappa shape index (κ3) is 5.49. The molecule has 0 fully saturated rings. The molecule has 2 atom stereocenters. The van der Waals surface area contributed by atoms with E-state index >= 15 is 0 Å². The first-order chi connectivity index (χ1) is 9.08. The molecule has 1 aromatic rings. The van der Waals surface area contributed by atoms with Crippen molar-refractivity contribution in [2.24, 2.45) is 0 Å². The molecule has 0 aliphatic rings. The van der Waals surface area contributed by atoms with Crippen molar-refractivity contribution in [3.8, 4) is 0 Å². The third-order valence-corrected chi connectivity index (χ3v) is 3.76. The smallest absolute Gasteiger partial charge is 0.0584 e. The topological polar surface area (TPSA) is 35.5 Å². The highest BCUT2D eigenvalue weighted by molar-refractivity contribution is 6.30. The Morgan fingerprint density at radius 3 is 2.47 bits per heavy atom. The molecule has 0 heterocycles. The zero-order valence-corrected chi connectivity index (χ0v) is 12.8. The average molecular weight is 285 g/mol. The van der Waals surface area contributed by atoms with Gasteiger partial charge in [0.25, 0.3) is 0 Å². The molecule has 0 aromatic heterocycles. The van der Waals surface area contributed by atoms with Crippen molar-refractivity contribution in [2.75, 3.05) is 26.7 Å². The first kappa shape index (κ1) is 16.4. The molecular formula is C15H25ClN2O. The third-order valence-electron chi connectivity index (χ3n) is 3.51. The van der Waals surface area contributed by atoms with Crippen LogP contribution in [0.25, 0.3) is 0 Å². The van der Waals surface area contributed by atoms with E-state index < -0.39 is 0 Å². The summed E-state index contributed by atoms with van der Waals surface area (Å²) in [6, 6.07) is 8.54. The lowest BCUT2D eigenvalue weighted by Gasteiger charge is -2.26. The highest BCUT2D eigenvalue weighted by Crippen LogP contribution is 2.19. The molecule has 4 heteroatoms. The quantitative estimate of drug-likeness (QED) is 0.770. The standard InChI is InChI=1S/C15H25ClN2O/c1-4-17-15(9-10-18(3)12(2)11-19)13-5-7-14(16)8-6-13/h5-8,12,15,17,19H,4,9-11H2,1-3H3. The second kappa shape index (κ2) is 8.54. The molecule has 2 unspecified atom stereocenters. The summed E-state index contributed by atoms with van der Waals surface area (Å²) in [5.74, 6) is 0. The largest absolute Gasteiger partial charge is 0.395 e. The van der Waals surface area contributed by atoms with Crippen molar-refractivity contribution in [2.45, 2.75) is 32.4 Å². The lowest BCUT2D eigenvalue weighted by atomic mass is 10.0. The van der Waals surface area contributed by atoms with E-state index in [1.165, 1.54) is 5.56 Å². The minimum Gasteiger partial charge on any atom is -0.395 e. The fraction of sp³-hybridized carbons (Fsp3) is 0.600. The van der Waals surface area contributed by atoms with E-state index in [0.717, 1.165) is 24.5 Å². The number of hydrogen-bond acceptors (Lipinski definition) is 3. The van der Waals surface area contributed by atoms with Gasteiger partial charge in [0.15, 0.2) is 0 Å². The normalized spacial score (nSPS) is 14.6. The summed E-state index contributed by atoms with van der Waals surface area (Å²) in [6.45, 7) is 6.23. The maximum atomic E-state index is 9.15. The minimum absolute atomic E-state index is 0.198. The van der Waals surface area contributed by atoms with Gasteiger partial charge in [-0.25, -0.2) is 0 Å². The van der Waals surface area contributed by atoms with Gasteiger partial charge < -0.3 is 15.3 Å². The van der Waals surface area contributed by atoms with Crippen LogP contribution in [0, 0.1) is 0 Å². The van der Waals surface area contributed by atoms with E-state index in [9.17, 15) is 0 Å². The summed E-state index contributed by atoms with van der Waals surface area (Å²) in [6.07, 6.45) is 1.01. The number of aliphatic hydroxyl groups is 1. The fourth-order valence-electron chi connectivity index (χ4n) is 2.02. The first-order valence-corrected chi connectivity index (χ1v) is 7.26. The van der Waals surface area contributed by atoms with Crippen LogP contribution in [0.3, 0.4) is 0 Å². The van der Waals surface area contributed by atoms with E-state index in [0.29, 0.717) is 6.04 Å². The summed E-state index contributed by atoms with van der Waals surface area (Å²) < 4.78 is 0. The van der Waals surface area contributed by atoms with Gasteiger partial charge in [-0.1, -0.05) is 30.7 Å². The number of nitrogens with zero attached hydrogens (tertiary/aromatic N) is 1. The van der Waals surface area contributed by atoms with E-state index in [-0.39, 0.29) is 12.6 Å². The Balaban J connectivity index is 2.60. The van der Waals surface area contributed by atoms with E-state index in [1.54, 1.807) is 0 Å². The number of aliphatic hydroxyl groups excluding tert-OH is 1. The zero-order chi connectivity index (χ0) is 14.3. The summed E-state index contributed by atoms with van der Waals surface area (Å²) in [7, 11) is 2.05. The fourth-order valence-corrected chi connectivity index (χ4v) is 2.15. The van der Waals surface area contributed by atoms with Crippen LogP contribution in [0.15, 0.2) is 24.3 Å². The van der Waals surface area contributed by atoms with Crippen LogP contribution in [-0.2, 0) is 0 Å². The Labute approximate surface area is 121 Å². The predicted octanol–water partition coefficient (Wildman–Crippen LogP) is 2.69. The molecule has 0 bridgehead atoms. The predicted molar refractivity (Wildman–Crippen MR) is 81.7 cm³/mol. The van der Waals surface area contributed by atoms with Crippen molar-refractivity contribution >= 4 is 11.6 Å². The molecule has 0 aliphatic heterocycles. The molecule has 0 saturated heterocycles. The summed E-state index contributed by atoms with van der Waals surface area (Å²) in [4.78, 5) is 2.18. The van der Waals surface area contributed by atoms with Gasteiger partial charge in [-0.05, 0) is 44.6 Å². The van der Waals surface area contributed by atoms with Gasteiger partial charge in [-0.2, -0.15) is 0 Å². The Bertz CT molecular complexity index is 356. The lowest BCUT2D eigenvalue weighted by molar-refractivity contribution is 0.154. The van der Waals surface area contributed by atoms with Crippen molar-refractivity contribution in [1.29, 1.82) is 0 Å². The van der Waals surface area contributed by atoms with Gasteiger partial charge in [0.2, 0.25) is 0 Å². The number of likely N-dealkylation sites (N-methyl/N-ethyl adjacent to an activating group) is 1. The maximum Gasteiger partial charge on any atom is 0.0584 e. The summed E-state index contributed by atoms with van der Waals surface area (Å²) in [5.41, 5.74) is 1.26. The molecule has 0 amide bonds. The second-order valence-corrected chi connectivity index (χ2v) is 5.40. The molecule has 0 radical (unpaired) electrons. The zero-order valence-electron chi connectivity index (χ0n) is 12.1. The van der Waals surface area contributed by atoms with Gasteiger partial charge in [-0.3, -0.25) is 0 Å². The molecular weight excluding hydrogens is 260 g/mol. The average Bonchev–Trinajstić information content (AvgIpc) is 2.43. The Kier molecular flexibility index (Phi) is 7.39. The summed E-state index contributed by atoms with van der Waals surface area (Å²) >= 11 is 5.92. The number of rotatable bonds is 8. The molecule has 108 valence electrons. The van der Waals surface area contributed by atoms with Crippen LogP contribution in [0.4, 0.5) is 0 Å². The number of nitrogens with one attached hydrogen (secondary N) is 1. The van der Waals surface area contributed by atoms with Crippen molar-refractivity contribution in [1.82, 2.24) is 10.2 Å². The second-order valence-electron chi connectivity index (χ2n) is 4.96. The highest BCUT2D eigenvalue weighted by atomic mass is 35.5. The Hall–Kier alpha value is -0.610. The van der Waals surface area contributed by atoms with E-state index in [4.69, 9.17) is 16.7 Å². The van der Waals surface area contributed by atoms with E-state index in [2.05, 4.69) is 29.3 Å². The van der Waals surface area contributed by atoms with Crippen molar-refractivity contribution < 1.29 is 5.11 Å². The minimum atomic E-state index is 0.198. The van der Waals surface area contributed by atoms with Crippen molar-refractivity contribution in [3.63, 3.8) is 0 Å². The van der Waals surface area contributed by atoms with Crippen LogP contribution in [0.5, 0.6) is 0 Å². The van der Waals surface area contributed by atoms with Gasteiger partial charge in [0.05, 0.1) is 6.61 Å². The van der Waals surface area contributed by atoms with Crippen LogP contribution < -0.4 is 5.32 Å². The number of halogens is 1. The maximum absolute atomic E-state index is 9.15. The van der Waals surface area contributed by atoms with Gasteiger partial charge in [0, 0.05) is 23.7 Å². The molecule has 2 N–H and O–H groups in total. The molecule has 0 saturated carbocycles. The van der Waals surface area contributed by atoms with Gasteiger partial charge in [0.1, 0.15) is 0 Å². The van der Waals surface area contributed by atoms with Gasteiger partial charge >= 0.3 is 0 Å². The summed E-state index contributed by atoms with van der Waals surface area (Å²) in [5, 5.41) is 13.4. The van der Waals surface area contributed by atoms with E-state index in [1.807, 2.05) is 26.1 Å². The molecule has 0 spiro atoms. The lowest BCUT2D eigenvalue weighted by Crippen LogP contribution is -2.35. The van der Waals surface area contributed by atoms with Crippen LogP contribution in [-0.4, -0.2) is 42.8 Å².